The highest BCUT2D eigenvalue weighted by molar-refractivity contribution is 5.26. The Balaban J connectivity index is 2.40. The van der Waals surface area contributed by atoms with Crippen molar-refractivity contribution in [3.63, 3.8) is 0 Å². The molecule has 1 aromatic carbocycles. The van der Waals surface area contributed by atoms with E-state index in [1.165, 1.54) is 6.07 Å². The predicted octanol–water partition coefficient (Wildman–Crippen LogP) is 2.62. The summed E-state index contributed by atoms with van der Waals surface area (Å²) in [5.41, 5.74) is 1.56. The number of rotatable bonds is 4. The van der Waals surface area contributed by atoms with E-state index in [-0.39, 0.29) is 11.9 Å². The highest BCUT2D eigenvalue weighted by Crippen LogP contribution is 2.21. The van der Waals surface area contributed by atoms with Gasteiger partial charge in [0, 0.05) is 18.0 Å². The first-order valence-corrected chi connectivity index (χ1v) is 5.98. The van der Waals surface area contributed by atoms with Crippen LogP contribution in [-0.2, 0) is 0 Å². The van der Waals surface area contributed by atoms with Gasteiger partial charge in [0.05, 0.1) is 6.04 Å². The van der Waals surface area contributed by atoms with Crippen LogP contribution in [0.15, 0.2) is 36.7 Å². The Kier molecular flexibility index (Phi) is 3.99. The van der Waals surface area contributed by atoms with E-state index < -0.39 is 0 Å². The summed E-state index contributed by atoms with van der Waals surface area (Å²) in [6.45, 7) is 4.62. The van der Waals surface area contributed by atoms with Crippen LogP contribution in [0.25, 0.3) is 0 Å². The maximum Gasteiger partial charge on any atom is 0.149 e. The van der Waals surface area contributed by atoms with Gasteiger partial charge in [-0.25, -0.2) is 14.4 Å². The monoisotopic (exact) mass is 245 g/mol. The molecule has 1 heterocycles. The third-order valence-corrected chi connectivity index (χ3v) is 2.68. The van der Waals surface area contributed by atoms with Crippen LogP contribution in [0, 0.1) is 12.7 Å². The second-order valence-electron chi connectivity index (χ2n) is 4.13. The number of hydrogen-bond acceptors (Lipinski definition) is 3. The summed E-state index contributed by atoms with van der Waals surface area (Å²) < 4.78 is 13.8. The first kappa shape index (κ1) is 12.6. The van der Waals surface area contributed by atoms with Gasteiger partial charge in [-0.1, -0.05) is 25.1 Å². The fourth-order valence-electron chi connectivity index (χ4n) is 1.81. The lowest BCUT2D eigenvalue weighted by molar-refractivity contribution is 0.542. The number of halogens is 1. The van der Waals surface area contributed by atoms with Crippen LogP contribution in [0.3, 0.4) is 0 Å². The molecular weight excluding hydrogens is 229 g/mol. The largest absolute Gasteiger partial charge is 0.304 e. The van der Waals surface area contributed by atoms with E-state index in [2.05, 4.69) is 15.3 Å². The molecule has 0 amide bonds. The fraction of sp³-hybridized carbons (Fsp3) is 0.286. The predicted molar refractivity (Wildman–Crippen MR) is 68.7 cm³/mol. The molecule has 0 saturated carbocycles. The van der Waals surface area contributed by atoms with Crippen molar-refractivity contribution in [2.75, 3.05) is 6.54 Å². The SMILES string of the molecule is CCNC(c1ncc(C)cn1)c1ccccc1F. The normalized spacial score (nSPS) is 12.4. The van der Waals surface area contributed by atoms with Gasteiger partial charge in [-0.2, -0.15) is 0 Å². The van der Waals surface area contributed by atoms with E-state index in [4.69, 9.17) is 0 Å². The van der Waals surface area contributed by atoms with Crippen molar-refractivity contribution in [3.05, 3.63) is 59.4 Å². The van der Waals surface area contributed by atoms with E-state index in [1.807, 2.05) is 19.9 Å². The number of nitrogens with zero attached hydrogens (tertiary/aromatic N) is 2. The molecule has 4 heteroatoms. The molecule has 0 fully saturated rings. The molecule has 3 nitrogen and oxygen atoms in total. The van der Waals surface area contributed by atoms with Crippen molar-refractivity contribution in [1.82, 2.24) is 15.3 Å². The van der Waals surface area contributed by atoms with Gasteiger partial charge < -0.3 is 5.32 Å². The Morgan fingerprint density at radius 2 is 1.89 bits per heavy atom. The van der Waals surface area contributed by atoms with Gasteiger partial charge in [0.2, 0.25) is 0 Å². The van der Waals surface area contributed by atoms with Crippen molar-refractivity contribution < 1.29 is 4.39 Å². The molecule has 0 saturated heterocycles. The van der Waals surface area contributed by atoms with Crippen molar-refractivity contribution in [2.45, 2.75) is 19.9 Å². The Bertz CT molecular complexity index is 511. The average Bonchev–Trinajstić information content (AvgIpc) is 2.38. The third kappa shape index (κ3) is 2.71. The molecule has 2 rings (SSSR count). The Morgan fingerprint density at radius 3 is 2.50 bits per heavy atom. The first-order chi connectivity index (χ1) is 8.72. The minimum absolute atomic E-state index is 0.243. The van der Waals surface area contributed by atoms with Gasteiger partial charge in [-0.3, -0.25) is 0 Å². The smallest absolute Gasteiger partial charge is 0.149 e. The zero-order chi connectivity index (χ0) is 13.0. The van der Waals surface area contributed by atoms with Crippen LogP contribution in [0.2, 0.25) is 0 Å². The van der Waals surface area contributed by atoms with E-state index in [1.54, 1.807) is 24.5 Å². The van der Waals surface area contributed by atoms with Crippen LogP contribution in [0.1, 0.15) is 29.9 Å². The molecule has 0 aliphatic carbocycles. The zero-order valence-electron chi connectivity index (χ0n) is 10.5. The summed E-state index contributed by atoms with van der Waals surface area (Å²) in [5.74, 6) is 0.347. The maximum absolute atomic E-state index is 13.8. The maximum atomic E-state index is 13.8. The van der Waals surface area contributed by atoms with Crippen molar-refractivity contribution >= 4 is 0 Å². The summed E-state index contributed by atoms with van der Waals surface area (Å²) in [6, 6.07) is 6.39. The molecular formula is C14H16FN3. The highest BCUT2D eigenvalue weighted by Gasteiger charge is 2.18. The lowest BCUT2D eigenvalue weighted by Crippen LogP contribution is -2.25. The molecule has 94 valence electrons. The van der Waals surface area contributed by atoms with E-state index in [0.717, 1.165) is 12.1 Å². The highest BCUT2D eigenvalue weighted by atomic mass is 19.1. The number of hydrogen-bond donors (Lipinski definition) is 1. The molecule has 2 aromatic rings. The molecule has 0 bridgehead atoms. The zero-order valence-corrected chi connectivity index (χ0v) is 10.5. The van der Waals surface area contributed by atoms with Crippen molar-refractivity contribution in [1.29, 1.82) is 0 Å². The molecule has 0 spiro atoms. The van der Waals surface area contributed by atoms with E-state index >= 15 is 0 Å². The summed E-state index contributed by atoms with van der Waals surface area (Å²) >= 11 is 0. The topological polar surface area (TPSA) is 37.8 Å². The van der Waals surface area contributed by atoms with Gasteiger partial charge in [-0.15, -0.1) is 0 Å². The Labute approximate surface area is 106 Å². The second-order valence-corrected chi connectivity index (χ2v) is 4.13. The Morgan fingerprint density at radius 1 is 1.22 bits per heavy atom. The molecule has 1 N–H and O–H groups in total. The molecule has 1 aromatic heterocycles. The van der Waals surface area contributed by atoms with Crippen LogP contribution in [0.4, 0.5) is 4.39 Å². The minimum Gasteiger partial charge on any atom is -0.304 e. The van der Waals surface area contributed by atoms with Gasteiger partial charge in [0.25, 0.3) is 0 Å². The lowest BCUT2D eigenvalue weighted by Gasteiger charge is -2.17. The molecule has 1 atom stereocenters. The van der Waals surface area contributed by atoms with Crippen LogP contribution >= 0.6 is 0 Å². The van der Waals surface area contributed by atoms with Crippen molar-refractivity contribution in [2.24, 2.45) is 0 Å². The number of aromatic nitrogens is 2. The van der Waals surface area contributed by atoms with Gasteiger partial charge in [-0.05, 0) is 25.1 Å². The molecule has 0 aliphatic rings. The summed E-state index contributed by atoms with van der Waals surface area (Å²) in [7, 11) is 0. The summed E-state index contributed by atoms with van der Waals surface area (Å²) in [5, 5.41) is 3.21. The third-order valence-electron chi connectivity index (χ3n) is 2.68. The quantitative estimate of drug-likeness (QED) is 0.899. The van der Waals surface area contributed by atoms with Crippen LogP contribution in [-0.4, -0.2) is 16.5 Å². The average molecular weight is 245 g/mol. The van der Waals surface area contributed by atoms with Gasteiger partial charge >= 0.3 is 0 Å². The van der Waals surface area contributed by atoms with Gasteiger partial charge in [0.15, 0.2) is 0 Å². The number of aryl methyl sites for hydroxylation is 1. The molecule has 1 unspecified atom stereocenters. The fourth-order valence-corrected chi connectivity index (χ4v) is 1.81. The first-order valence-electron chi connectivity index (χ1n) is 5.98. The Hall–Kier alpha value is -1.81. The summed E-state index contributed by atoms with van der Waals surface area (Å²) in [6.07, 6.45) is 3.49. The number of nitrogens with one attached hydrogen (secondary N) is 1. The standard InChI is InChI=1S/C14H16FN3/c1-3-16-13(11-6-4-5-7-12(11)15)14-17-8-10(2)9-18-14/h4-9,13,16H,3H2,1-2H3. The molecule has 0 aliphatic heterocycles. The van der Waals surface area contributed by atoms with E-state index in [9.17, 15) is 4.39 Å². The van der Waals surface area contributed by atoms with E-state index in [0.29, 0.717) is 11.4 Å². The second kappa shape index (κ2) is 5.69. The molecule has 18 heavy (non-hydrogen) atoms. The minimum atomic E-state index is -0.309. The summed E-state index contributed by atoms with van der Waals surface area (Å²) in [4.78, 5) is 8.55. The van der Waals surface area contributed by atoms with Crippen LogP contribution in [0.5, 0.6) is 0 Å². The van der Waals surface area contributed by atoms with Crippen molar-refractivity contribution in [3.8, 4) is 0 Å². The lowest BCUT2D eigenvalue weighted by atomic mass is 10.1. The van der Waals surface area contributed by atoms with Crippen LogP contribution < -0.4 is 5.32 Å². The number of benzene rings is 1. The van der Waals surface area contributed by atoms with Gasteiger partial charge in [0.1, 0.15) is 11.6 Å². The molecule has 0 radical (unpaired) electrons.